The third kappa shape index (κ3) is 4.36. The first-order valence-electron chi connectivity index (χ1n) is 8.55. The number of aromatic nitrogens is 4. The van der Waals surface area contributed by atoms with Crippen LogP contribution in [0, 0.1) is 13.8 Å². The number of hydrogen-bond acceptors (Lipinski definition) is 5. The Kier molecular flexibility index (Phi) is 5.44. The Morgan fingerprint density at radius 3 is 2.33 bits per heavy atom. The number of esters is 1. The molecule has 0 aliphatic heterocycles. The maximum absolute atomic E-state index is 13.0. The summed E-state index contributed by atoms with van der Waals surface area (Å²) in [5, 5.41) is 3.40. The molecule has 0 N–H and O–H groups in total. The predicted octanol–water partition coefficient (Wildman–Crippen LogP) is 4.32. The molecular formula is C18H14F6N4O2. The highest BCUT2D eigenvalue weighted by atomic mass is 19.4. The summed E-state index contributed by atoms with van der Waals surface area (Å²) in [5.41, 5.74) is -0.0631. The second kappa shape index (κ2) is 7.58. The van der Waals surface area contributed by atoms with Gasteiger partial charge in [-0.15, -0.1) is 5.10 Å². The SMILES string of the molecule is Cc1nc2nc(C(F)(F)F)nn2c(C)c1CCC(=O)Oc1ccccc1C(F)(F)F. The molecule has 0 spiro atoms. The van der Waals surface area contributed by atoms with Gasteiger partial charge in [-0.3, -0.25) is 4.79 Å². The van der Waals surface area contributed by atoms with Crippen LogP contribution in [0.15, 0.2) is 24.3 Å². The lowest BCUT2D eigenvalue weighted by Gasteiger charge is -2.13. The van der Waals surface area contributed by atoms with E-state index < -0.39 is 35.5 Å². The van der Waals surface area contributed by atoms with Crippen molar-refractivity contribution >= 4 is 11.7 Å². The van der Waals surface area contributed by atoms with E-state index in [1.54, 1.807) is 0 Å². The Labute approximate surface area is 165 Å². The topological polar surface area (TPSA) is 69.4 Å². The van der Waals surface area contributed by atoms with Crippen LogP contribution in [0.4, 0.5) is 26.3 Å². The Morgan fingerprint density at radius 2 is 1.70 bits per heavy atom. The van der Waals surface area contributed by atoms with E-state index in [1.807, 2.05) is 0 Å². The number of hydrogen-bond donors (Lipinski definition) is 0. The van der Waals surface area contributed by atoms with Crippen LogP contribution in [0.3, 0.4) is 0 Å². The number of carbonyl (C=O) groups is 1. The van der Waals surface area contributed by atoms with Gasteiger partial charge in [0.05, 0.1) is 12.0 Å². The van der Waals surface area contributed by atoms with Crippen molar-refractivity contribution < 1.29 is 35.9 Å². The minimum absolute atomic E-state index is 0.0190. The maximum atomic E-state index is 13.0. The number of alkyl halides is 6. The van der Waals surface area contributed by atoms with Gasteiger partial charge in [0, 0.05) is 11.4 Å². The minimum Gasteiger partial charge on any atom is -0.426 e. The quantitative estimate of drug-likeness (QED) is 0.349. The van der Waals surface area contributed by atoms with E-state index in [1.165, 1.54) is 26.0 Å². The summed E-state index contributed by atoms with van der Waals surface area (Å²) in [6.45, 7) is 3.00. The normalized spacial score (nSPS) is 12.4. The van der Waals surface area contributed by atoms with Gasteiger partial charge in [-0.25, -0.2) is 9.50 Å². The summed E-state index contributed by atoms with van der Waals surface area (Å²) in [7, 11) is 0. The summed E-state index contributed by atoms with van der Waals surface area (Å²) in [5.74, 6) is -3.15. The minimum atomic E-state index is -4.75. The number of ether oxygens (including phenoxy) is 1. The molecule has 0 aliphatic carbocycles. The standard InChI is InChI=1S/C18H14F6N4O2/c1-9-11(10(2)28-16(25-9)26-15(27-28)18(22,23)24)7-8-14(29)30-13-6-4-3-5-12(13)17(19,20)21/h3-6H,7-8H2,1-2H3. The average molecular weight is 432 g/mol. The van der Waals surface area contributed by atoms with Gasteiger partial charge < -0.3 is 4.74 Å². The molecule has 0 amide bonds. The molecule has 0 radical (unpaired) electrons. The summed E-state index contributed by atoms with van der Waals surface area (Å²) in [6, 6.07) is 4.28. The average Bonchev–Trinajstić information content (AvgIpc) is 3.05. The summed E-state index contributed by atoms with van der Waals surface area (Å²) in [4.78, 5) is 19.4. The summed E-state index contributed by atoms with van der Waals surface area (Å²) >= 11 is 0. The molecule has 0 saturated heterocycles. The van der Waals surface area contributed by atoms with E-state index in [4.69, 9.17) is 4.74 Å². The van der Waals surface area contributed by atoms with Crippen molar-refractivity contribution in [2.24, 2.45) is 0 Å². The van der Waals surface area contributed by atoms with Gasteiger partial charge in [-0.2, -0.15) is 31.3 Å². The van der Waals surface area contributed by atoms with Crippen LogP contribution in [0.5, 0.6) is 5.75 Å². The van der Waals surface area contributed by atoms with Crippen molar-refractivity contribution in [3.8, 4) is 5.75 Å². The number of fused-ring (bicyclic) bond motifs is 1. The molecule has 0 bridgehead atoms. The van der Waals surface area contributed by atoms with E-state index >= 15 is 0 Å². The highest BCUT2D eigenvalue weighted by Gasteiger charge is 2.37. The number of aryl methyl sites for hydroxylation is 2. The monoisotopic (exact) mass is 432 g/mol. The number of halogens is 6. The van der Waals surface area contributed by atoms with Crippen LogP contribution >= 0.6 is 0 Å². The molecule has 0 aliphatic rings. The lowest BCUT2D eigenvalue weighted by atomic mass is 10.1. The molecule has 30 heavy (non-hydrogen) atoms. The number of carbonyl (C=O) groups excluding carboxylic acids is 1. The molecule has 0 fully saturated rings. The number of benzene rings is 1. The van der Waals surface area contributed by atoms with Crippen molar-refractivity contribution in [2.45, 2.75) is 39.0 Å². The second-order valence-corrected chi connectivity index (χ2v) is 6.37. The molecule has 2 aromatic heterocycles. The zero-order valence-electron chi connectivity index (χ0n) is 15.6. The van der Waals surface area contributed by atoms with E-state index in [9.17, 15) is 31.1 Å². The smallest absolute Gasteiger partial charge is 0.426 e. The van der Waals surface area contributed by atoms with Gasteiger partial charge in [-0.1, -0.05) is 12.1 Å². The van der Waals surface area contributed by atoms with Crippen LogP contribution in [-0.4, -0.2) is 25.6 Å². The third-order valence-corrected chi connectivity index (χ3v) is 4.30. The van der Waals surface area contributed by atoms with Crippen LogP contribution in [0.1, 0.15) is 34.8 Å². The van der Waals surface area contributed by atoms with E-state index in [0.29, 0.717) is 11.3 Å². The van der Waals surface area contributed by atoms with Crippen molar-refractivity contribution in [3.05, 3.63) is 52.6 Å². The van der Waals surface area contributed by atoms with Gasteiger partial charge >= 0.3 is 18.3 Å². The lowest BCUT2D eigenvalue weighted by molar-refractivity contribution is -0.145. The van der Waals surface area contributed by atoms with E-state index in [2.05, 4.69) is 15.1 Å². The van der Waals surface area contributed by atoms with Crippen LogP contribution in [0.2, 0.25) is 0 Å². The first-order valence-corrected chi connectivity index (χ1v) is 8.55. The Morgan fingerprint density at radius 1 is 1.03 bits per heavy atom. The largest absolute Gasteiger partial charge is 0.453 e. The fraction of sp³-hybridized carbons (Fsp3) is 0.333. The maximum Gasteiger partial charge on any atom is 0.453 e. The predicted molar refractivity (Wildman–Crippen MR) is 90.7 cm³/mol. The zero-order valence-corrected chi connectivity index (χ0v) is 15.6. The summed E-state index contributed by atoms with van der Waals surface area (Å²) in [6.07, 6.45) is -9.77. The molecule has 3 aromatic rings. The van der Waals surface area contributed by atoms with Gasteiger partial charge in [0.25, 0.3) is 11.6 Å². The zero-order chi connectivity index (χ0) is 22.3. The summed E-state index contributed by atoms with van der Waals surface area (Å²) < 4.78 is 83.2. The fourth-order valence-electron chi connectivity index (χ4n) is 2.88. The van der Waals surface area contributed by atoms with Gasteiger partial charge in [0.15, 0.2) is 0 Å². The number of rotatable bonds is 4. The van der Waals surface area contributed by atoms with Gasteiger partial charge in [0.2, 0.25) is 0 Å². The van der Waals surface area contributed by atoms with Gasteiger partial charge in [-0.05, 0) is 38.0 Å². The highest BCUT2D eigenvalue weighted by Crippen LogP contribution is 2.36. The molecule has 2 heterocycles. The third-order valence-electron chi connectivity index (χ3n) is 4.30. The Hall–Kier alpha value is -3.18. The molecule has 0 saturated carbocycles. The van der Waals surface area contributed by atoms with Crippen LogP contribution in [-0.2, 0) is 23.6 Å². The van der Waals surface area contributed by atoms with Crippen molar-refractivity contribution in [1.82, 2.24) is 19.6 Å². The Balaban J connectivity index is 1.80. The molecule has 1 aromatic carbocycles. The highest BCUT2D eigenvalue weighted by molar-refractivity contribution is 5.73. The van der Waals surface area contributed by atoms with E-state index in [-0.39, 0.29) is 24.3 Å². The van der Waals surface area contributed by atoms with Gasteiger partial charge in [0.1, 0.15) is 5.75 Å². The van der Waals surface area contributed by atoms with Crippen LogP contribution in [0.25, 0.3) is 5.78 Å². The molecule has 12 heteroatoms. The van der Waals surface area contributed by atoms with E-state index in [0.717, 1.165) is 16.6 Å². The molecule has 160 valence electrons. The molecule has 0 atom stereocenters. The second-order valence-electron chi connectivity index (χ2n) is 6.37. The molecule has 0 unspecified atom stereocenters. The first-order chi connectivity index (χ1) is 13.9. The Bertz CT molecular complexity index is 1100. The molecule has 3 rings (SSSR count). The molecular weight excluding hydrogens is 418 g/mol. The van der Waals surface area contributed by atoms with Crippen molar-refractivity contribution in [3.63, 3.8) is 0 Å². The first kappa shape index (κ1) is 21.5. The fourth-order valence-corrected chi connectivity index (χ4v) is 2.88. The number of nitrogens with zero attached hydrogens (tertiary/aromatic N) is 4. The van der Waals surface area contributed by atoms with Crippen molar-refractivity contribution in [2.75, 3.05) is 0 Å². The number of para-hydroxylation sites is 1. The molecule has 6 nitrogen and oxygen atoms in total. The lowest BCUT2D eigenvalue weighted by Crippen LogP contribution is -2.15. The van der Waals surface area contributed by atoms with Crippen LogP contribution < -0.4 is 4.74 Å². The van der Waals surface area contributed by atoms with Crippen molar-refractivity contribution in [1.29, 1.82) is 0 Å².